The summed E-state index contributed by atoms with van der Waals surface area (Å²) in [4.78, 5) is 13.5. The van der Waals surface area contributed by atoms with Crippen molar-refractivity contribution in [3.05, 3.63) is 77.0 Å². The zero-order valence-electron chi connectivity index (χ0n) is 16.4. The summed E-state index contributed by atoms with van der Waals surface area (Å²) in [5.41, 5.74) is 2.28. The molecule has 4 aromatic rings. The summed E-state index contributed by atoms with van der Waals surface area (Å²) in [7, 11) is 4.63. The van der Waals surface area contributed by atoms with Gasteiger partial charge < -0.3 is 18.6 Å². The molecular formula is C24H20O5. The molecule has 0 atom stereocenters. The van der Waals surface area contributed by atoms with Crippen molar-refractivity contribution in [3.63, 3.8) is 0 Å². The Kier molecular flexibility index (Phi) is 4.96. The van der Waals surface area contributed by atoms with Gasteiger partial charge in [0.2, 0.25) is 11.2 Å². The Hall–Kier alpha value is -3.73. The van der Waals surface area contributed by atoms with E-state index in [0.717, 1.165) is 5.56 Å². The second kappa shape index (κ2) is 7.72. The van der Waals surface area contributed by atoms with Crippen LogP contribution >= 0.6 is 0 Å². The standard InChI is InChI=1S/C24H20O5/c1-26-19-13-16(14-20(27-2)24(19)28-3)21-22(25)17-11-7-8-12-18(17)29-23(21)15-9-5-4-6-10-15/h4-14H,1-3H3. The van der Waals surface area contributed by atoms with Crippen molar-refractivity contribution in [1.29, 1.82) is 0 Å². The number of rotatable bonds is 5. The monoisotopic (exact) mass is 388 g/mol. The zero-order chi connectivity index (χ0) is 20.4. The molecule has 0 aliphatic carbocycles. The van der Waals surface area contributed by atoms with Crippen LogP contribution in [0.2, 0.25) is 0 Å². The Labute approximate surface area is 168 Å². The molecule has 0 bridgehead atoms. The molecule has 1 aromatic heterocycles. The van der Waals surface area contributed by atoms with Gasteiger partial charge in [0.1, 0.15) is 11.3 Å². The molecule has 3 aromatic carbocycles. The summed E-state index contributed by atoms with van der Waals surface area (Å²) in [5.74, 6) is 1.88. The van der Waals surface area contributed by atoms with E-state index in [-0.39, 0.29) is 5.43 Å². The van der Waals surface area contributed by atoms with Crippen LogP contribution in [0.3, 0.4) is 0 Å². The highest BCUT2D eigenvalue weighted by Gasteiger charge is 2.21. The predicted molar refractivity (Wildman–Crippen MR) is 113 cm³/mol. The molecule has 1 heterocycles. The maximum absolute atomic E-state index is 13.5. The van der Waals surface area contributed by atoms with Crippen molar-refractivity contribution < 1.29 is 18.6 Å². The van der Waals surface area contributed by atoms with Gasteiger partial charge in [0.15, 0.2) is 11.5 Å². The van der Waals surface area contributed by atoms with E-state index in [4.69, 9.17) is 18.6 Å². The average molecular weight is 388 g/mol. The van der Waals surface area contributed by atoms with Crippen LogP contribution in [0, 0.1) is 0 Å². The second-order valence-electron chi connectivity index (χ2n) is 6.41. The van der Waals surface area contributed by atoms with E-state index in [1.807, 2.05) is 42.5 Å². The maximum atomic E-state index is 13.5. The molecule has 29 heavy (non-hydrogen) atoms. The van der Waals surface area contributed by atoms with E-state index in [1.54, 1.807) is 45.6 Å². The van der Waals surface area contributed by atoms with Gasteiger partial charge in [-0.05, 0) is 29.8 Å². The summed E-state index contributed by atoms with van der Waals surface area (Å²) in [6.45, 7) is 0. The van der Waals surface area contributed by atoms with Crippen LogP contribution in [0.25, 0.3) is 33.4 Å². The lowest BCUT2D eigenvalue weighted by Gasteiger charge is -2.16. The van der Waals surface area contributed by atoms with Gasteiger partial charge in [-0.3, -0.25) is 4.79 Å². The Morgan fingerprint density at radius 3 is 1.97 bits per heavy atom. The third-order valence-corrected chi connectivity index (χ3v) is 4.79. The highest BCUT2D eigenvalue weighted by atomic mass is 16.5. The minimum atomic E-state index is -0.125. The van der Waals surface area contributed by atoms with Gasteiger partial charge in [-0.15, -0.1) is 0 Å². The summed E-state index contributed by atoms with van der Waals surface area (Å²) < 4.78 is 22.6. The third kappa shape index (κ3) is 3.21. The van der Waals surface area contributed by atoms with Crippen molar-refractivity contribution in [3.8, 4) is 39.7 Å². The van der Waals surface area contributed by atoms with Crippen LogP contribution in [0.4, 0.5) is 0 Å². The lowest BCUT2D eigenvalue weighted by molar-refractivity contribution is 0.324. The molecule has 0 amide bonds. The molecule has 0 saturated heterocycles. The van der Waals surface area contributed by atoms with E-state index >= 15 is 0 Å². The van der Waals surface area contributed by atoms with Crippen LogP contribution in [0.15, 0.2) is 75.9 Å². The van der Waals surface area contributed by atoms with Gasteiger partial charge in [-0.1, -0.05) is 42.5 Å². The fourth-order valence-corrected chi connectivity index (χ4v) is 3.42. The summed E-state index contributed by atoms with van der Waals surface area (Å²) >= 11 is 0. The predicted octanol–water partition coefficient (Wildman–Crippen LogP) is 5.15. The van der Waals surface area contributed by atoms with Gasteiger partial charge in [-0.2, -0.15) is 0 Å². The van der Waals surface area contributed by atoms with Crippen LogP contribution in [0.5, 0.6) is 17.2 Å². The fourth-order valence-electron chi connectivity index (χ4n) is 3.42. The SMILES string of the molecule is COc1cc(-c2c(-c3ccccc3)oc3ccccc3c2=O)cc(OC)c1OC. The Morgan fingerprint density at radius 1 is 0.724 bits per heavy atom. The Morgan fingerprint density at radius 2 is 1.34 bits per heavy atom. The molecular weight excluding hydrogens is 368 g/mol. The van der Waals surface area contributed by atoms with Crippen molar-refractivity contribution in [2.45, 2.75) is 0 Å². The van der Waals surface area contributed by atoms with Gasteiger partial charge in [0, 0.05) is 5.56 Å². The van der Waals surface area contributed by atoms with Crippen LogP contribution < -0.4 is 19.6 Å². The van der Waals surface area contributed by atoms with E-state index in [1.165, 1.54) is 0 Å². The molecule has 5 nitrogen and oxygen atoms in total. The lowest BCUT2D eigenvalue weighted by Crippen LogP contribution is -2.08. The first-order valence-electron chi connectivity index (χ1n) is 9.09. The summed E-state index contributed by atoms with van der Waals surface area (Å²) in [6, 6.07) is 20.3. The number of methoxy groups -OCH3 is 3. The van der Waals surface area contributed by atoms with Crippen LogP contribution in [0.1, 0.15) is 0 Å². The molecule has 0 spiro atoms. The maximum Gasteiger partial charge on any atom is 0.203 e. The zero-order valence-corrected chi connectivity index (χ0v) is 16.4. The smallest absolute Gasteiger partial charge is 0.203 e. The van der Waals surface area contributed by atoms with Crippen molar-refractivity contribution in [2.24, 2.45) is 0 Å². The number of benzene rings is 3. The summed E-state index contributed by atoms with van der Waals surface area (Å²) in [6.07, 6.45) is 0. The largest absolute Gasteiger partial charge is 0.493 e. The highest BCUT2D eigenvalue weighted by Crippen LogP contribution is 2.43. The number of hydrogen-bond acceptors (Lipinski definition) is 5. The topological polar surface area (TPSA) is 57.9 Å². The highest BCUT2D eigenvalue weighted by molar-refractivity contribution is 5.90. The van der Waals surface area contributed by atoms with Gasteiger partial charge in [-0.25, -0.2) is 0 Å². The first-order chi connectivity index (χ1) is 14.2. The lowest BCUT2D eigenvalue weighted by atomic mass is 9.97. The van der Waals surface area contributed by atoms with Crippen LogP contribution in [-0.4, -0.2) is 21.3 Å². The fraction of sp³-hybridized carbons (Fsp3) is 0.125. The van der Waals surface area contributed by atoms with E-state index < -0.39 is 0 Å². The van der Waals surface area contributed by atoms with Gasteiger partial charge in [0.25, 0.3) is 0 Å². The molecule has 146 valence electrons. The number of fused-ring (bicyclic) bond motifs is 1. The second-order valence-corrected chi connectivity index (χ2v) is 6.41. The van der Waals surface area contributed by atoms with Crippen molar-refractivity contribution in [1.82, 2.24) is 0 Å². The Balaban J connectivity index is 2.11. The van der Waals surface area contributed by atoms with E-state index in [0.29, 0.717) is 45.1 Å². The molecule has 0 N–H and O–H groups in total. The third-order valence-electron chi connectivity index (χ3n) is 4.79. The van der Waals surface area contributed by atoms with Gasteiger partial charge >= 0.3 is 0 Å². The number of hydrogen-bond donors (Lipinski definition) is 0. The minimum Gasteiger partial charge on any atom is -0.493 e. The molecule has 0 fully saturated rings. The first kappa shape index (κ1) is 18.6. The molecule has 0 unspecified atom stereocenters. The van der Waals surface area contributed by atoms with E-state index in [9.17, 15) is 4.79 Å². The normalized spacial score (nSPS) is 10.7. The molecule has 0 saturated carbocycles. The van der Waals surface area contributed by atoms with Crippen molar-refractivity contribution in [2.75, 3.05) is 21.3 Å². The molecule has 0 aliphatic heterocycles. The molecule has 4 rings (SSSR count). The van der Waals surface area contributed by atoms with Gasteiger partial charge in [0.05, 0.1) is 32.3 Å². The average Bonchev–Trinajstić information content (AvgIpc) is 2.78. The minimum absolute atomic E-state index is 0.125. The first-order valence-corrected chi connectivity index (χ1v) is 9.09. The molecule has 0 radical (unpaired) electrons. The number of para-hydroxylation sites is 1. The summed E-state index contributed by atoms with van der Waals surface area (Å²) in [5, 5.41) is 0.510. The quantitative estimate of drug-likeness (QED) is 0.473. The van der Waals surface area contributed by atoms with E-state index in [2.05, 4.69) is 0 Å². The molecule has 0 aliphatic rings. The van der Waals surface area contributed by atoms with Crippen molar-refractivity contribution >= 4 is 11.0 Å². The number of ether oxygens (including phenoxy) is 3. The van der Waals surface area contributed by atoms with Crippen LogP contribution in [-0.2, 0) is 0 Å². The molecule has 5 heteroatoms. The Bertz CT molecular complexity index is 1200.